The summed E-state index contributed by atoms with van der Waals surface area (Å²) in [6.45, 7) is 0.809. The molecule has 3 heterocycles. The van der Waals surface area contributed by atoms with E-state index in [0.29, 0.717) is 0 Å². The zero-order chi connectivity index (χ0) is 12.4. The molecule has 0 spiro atoms. The first kappa shape index (κ1) is 11.3. The van der Waals surface area contributed by atoms with Gasteiger partial charge in [0.05, 0.1) is 5.69 Å². The second-order valence-electron chi connectivity index (χ2n) is 4.09. The number of nitrogens with one attached hydrogen (secondary N) is 1. The molecular weight excluding hydrogens is 242 g/mol. The summed E-state index contributed by atoms with van der Waals surface area (Å²) in [5, 5.41) is 8.47. The molecule has 0 saturated heterocycles. The van der Waals surface area contributed by atoms with Gasteiger partial charge >= 0.3 is 0 Å². The molecule has 1 N–H and O–H groups in total. The fourth-order valence-corrected chi connectivity index (χ4v) is 2.66. The Labute approximate surface area is 110 Å². The molecule has 3 aromatic rings. The van der Waals surface area contributed by atoms with Gasteiger partial charge in [-0.25, -0.2) is 9.97 Å². The summed E-state index contributed by atoms with van der Waals surface area (Å²) >= 11 is 1.69. The zero-order valence-corrected chi connectivity index (χ0v) is 10.9. The monoisotopic (exact) mass is 255 g/mol. The standard InChI is InChI=1S/C14H13N3S/c1-15-8-12-7-10-3-2-5-16-14(10)17-13(12)11-4-6-18-9-11/h2-7,9,15H,8H2,1H3. The topological polar surface area (TPSA) is 37.8 Å². The fraction of sp³-hybridized carbons (Fsp3) is 0.143. The first-order chi connectivity index (χ1) is 8.88. The lowest BCUT2D eigenvalue weighted by atomic mass is 10.1. The molecule has 0 radical (unpaired) electrons. The van der Waals surface area contributed by atoms with Crippen molar-refractivity contribution in [2.24, 2.45) is 0 Å². The Kier molecular flexibility index (Phi) is 3.04. The fourth-order valence-electron chi connectivity index (χ4n) is 2.02. The van der Waals surface area contributed by atoms with Crippen LogP contribution >= 0.6 is 11.3 Å². The van der Waals surface area contributed by atoms with E-state index < -0.39 is 0 Å². The number of hydrogen-bond acceptors (Lipinski definition) is 4. The van der Waals surface area contributed by atoms with E-state index in [1.165, 1.54) is 5.56 Å². The van der Waals surface area contributed by atoms with Crippen LogP contribution in [0.25, 0.3) is 22.3 Å². The number of pyridine rings is 2. The van der Waals surface area contributed by atoms with Crippen LogP contribution in [0.4, 0.5) is 0 Å². The number of aromatic nitrogens is 2. The van der Waals surface area contributed by atoms with E-state index in [1.807, 2.05) is 19.2 Å². The van der Waals surface area contributed by atoms with Crippen LogP contribution < -0.4 is 5.32 Å². The van der Waals surface area contributed by atoms with Crippen molar-refractivity contribution >= 4 is 22.4 Å². The molecule has 3 rings (SSSR count). The van der Waals surface area contributed by atoms with Crippen LogP contribution in [0.2, 0.25) is 0 Å². The maximum Gasteiger partial charge on any atom is 0.159 e. The summed E-state index contributed by atoms with van der Waals surface area (Å²) in [7, 11) is 1.95. The Balaban J connectivity index is 2.24. The molecule has 0 unspecified atom stereocenters. The molecule has 4 heteroatoms. The van der Waals surface area contributed by atoms with Crippen molar-refractivity contribution in [2.45, 2.75) is 6.54 Å². The third-order valence-corrected chi connectivity index (χ3v) is 3.51. The van der Waals surface area contributed by atoms with Crippen molar-refractivity contribution < 1.29 is 0 Å². The Hall–Kier alpha value is -1.78. The van der Waals surface area contributed by atoms with Crippen molar-refractivity contribution in [3.63, 3.8) is 0 Å². The lowest BCUT2D eigenvalue weighted by Gasteiger charge is -2.08. The normalized spacial score (nSPS) is 10.9. The van der Waals surface area contributed by atoms with Gasteiger partial charge in [-0.1, -0.05) is 0 Å². The molecule has 0 bridgehead atoms. The third-order valence-electron chi connectivity index (χ3n) is 2.83. The maximum absolute atomic E-state index is 4.69. The molecule has 0 aliphatic heterocycles. The van der Waals surface area contributed by atoms with Gasteiger partial charge in [0.25, 0.3) is 0 Å². The predicted molar refractivity (Wildman–Crippen MR) is 75.6 cm³/mol. The Morgan fingerprint density at radius 2 is 2.28 bits per heavy atom. The molecule has 0 aromatic carbocycles. The van der Waals surface area contributed by atoms with Gasteiger partial charge in [-0.2, -0.15) is 11.3 Å². The highest BCUT2D eigenvalue weighted by Crippen LogP contribution is 2.26. The Bertz CT molecular complexity index is 662. The van der Waals surface area contributed by atoms with Crippen molar-refractivity contribution in [3.05, 3.63) is 46.8 Å². The van der Waals surface area contributed by atoms with Gasteiger partial charge in [-0.3, -0.25) is 0 Å². The van der Waals surface area contributed by atoms with E-state index in [-0.39, 0.29) is 0 Å². The van der Waals surface area contributed by atoms with E-state index in [1.54, 1.807) is 17.5 Å². The molecular formula is C14H13N3S. The van der Waals surface area contributed by atoms with Gasteiger partial charge in [0.1, 0.15) is 0 Å². The quantitative estimate of drug-likeness (QED) is 0.781. The van der Waals surface area contributed by atoms with Crippen LogP contribution in [0, 0.1) is 0 Å². The van der Waals surface area contributed by atoms with Crippen LogP contribution in [0.15, 0.2) is 41.2 Å². The van der Waals surface area contributed by atoms with E-state index in [9.17, 15) is 0 Å². The van der Waals surface area contributed by atoms with Gasteiger partial charge in [-0.15, -0.1) is 0 Å². The third kappa shape index (κ3) is 2.00. The first-order valence-corrected chi connectivity index (χ1v) is 6.74. The van der Waals surface area contributed by atoms with Crippen LogP contribution in [-0.4, -0.2) is 17.0 Å². The van der Waals surface area contributed by atoms with Gasteiger partial charge in [0, 0.05) is 29.1 Å². The minimum atomic E-state index is 0.804. The summed E-state index contributed by atoms with van der Waals surface area (Å²) in [4.78, 5) is 9.02. The van der Waals surface area contributed by atoms with E-state index in [0.717, 1.165) is 28.8 Å². The summed E-state index contributed by atoms with van der Waals surface area (Å²) in [5.74, 6) is 0. The van der Waals surface area contributed by atoms with Crippen LogP contribution in [0.5, 0.6) is 0 Å². The molecule has 0 aliphatic rings. The van der Waals surface area contributed by atoms with Crippen LogP contribution in [0.3, 0.4) is 0 Å². The predicted octanol–water partition coefficient (Wildman–Crippen LogP) is 3.08. The number of rotatable bonds is 3. The summed E-state index contributed by atoms with van der Waals surface area (Å²) in [5.41, 5.74) is 4.20. The molecule has 18 heavy (non-hydrogen) atoms. The lowest BCUT2D eigenvalue weighted by molar-refractivity contribution is 0.817. The maximum atomic E-state index is 4.69. The van der Waals surface area contributed by atoms with Crippen molar-refractivity contribution in [3.8, 4) is 11.3 Å². The lowest BCUT2D eigenvalue weighted by Crippen LogP contribution is -2.07. The molecule has 0 aliphatic carbocycles. The Morgan fingerprint density at radius 3 is 3.06 bits per heavy atom. The average Bonchev–Trinajstić information content (AvgIpc) is 2.92. The molecule has 90 valence electrons. The summed E-state index contributed by atoms with van der Waals surface area (Å²) in [6.07, 6.45) is 1.78. The SMILES string of the molecule is CNCc1cc2cccnc2nc1-c1ccsc1. The first-order valence-electron chi connectivity index (χ1n) is 5.80. The van der Waals surface area contributed by atoms with Gasteiger partial charge in [-0.05, 0) is 42.3 Å². The Morgan fingerprint density at radius 1 is 1.33 bits per heavy atom. The summed E-state index contributed by atoms with van der Waals surface area (Å²) in [6, 6.07) is 8.25. The van der Waals surface area contributed by atoms with Crippen LogP contribution in [0.1, 0.15) is 5.56 Å². The van der Waals surface area contributed by atoms with E-state index >= 15 is 0 Å². The molecule has 3 aromatic heterocycles. The van der Waals surface area contributed by atoms with E-state index in [2.05, 4.69) is 33.2 Å². The van der Waals surface area contributed by atoms with Gasteiger partial charge in [0.15, 0.2) is 5.65 Å². The zero-order valence-electron chi connectivity index (χ0n) is 10.1. The van der Waals surface area contributed by atoms with Gasteiger partial charge < -0.3 is 5.32 Å². The second kappa shape index (κ2) is 4.84. The highest BCUT2D eigenvalue weighted by atomic mass is 32.1. The smallest absolute Gasteiger partial charge is 0.159 e. The highest BCUT2D eigenvalue weighted by Gasteiger charge is 2.09. The van der Waals surface area contributed by atoms with E-state index in [4.69, 9.17) is 4.98 Å². The number of thiophene rings is 1. The van der Waals surface area contributed by atoms with Crippen molar-refractivity contribution in [1.29, 1.82) is 0 Å². The second-order valence-corrected chi connectivity index (χ2v) is 4.87. The number of fused-ring (bicyclic) bond motifs is 1. The van der Waals surface area contributed by atoms with Gasteiger partial charge in [0.2, 0.25) is 0 Å². The van der Waals surface area contributed by atoms with Crippen molar-refractivity contribution in [1.82, 2.24) is 15.3 Å². The molecule has 0 fully saturated rings. The largest absolute Gasteiger partial charge is 0.316 e. The highest BCUT2D eigenvalue weighted by molar-refractivity contribution is 7.08. The van der Waals surface area contributed by atoms with Crippen molar-refractivity contribution in [2.75, 3.05) is 7.05 Å². The molecule has 3 nitrogen and oxygen atoms in total. The number of nitrogens with zero attached hydrogens (tertiary/aromatic N) is 2. The van der Waals surface area contributed by atoms with Crippen LogP contribution in [-0.2, 0) is 6.54 Å². The minimum absolute atomic E-state index is 0.804. The number of hydrogen-bond donors (Lipinski definition) is 1. The average molecular weight is 255 g/mol. The molecule has 0 atom stereocenters. The molecule has 0 amide bonds. The summed E-state index contributed by atoms with van der Waals surface area (Å²) < 4.78 is 0. The molecule has 0 saturated carbocycles. The minimum Gasteiger partial charge on any atom is -0.316 e.